The summed E-state index contributed by atoms with van der Waals surface area (Å²) in [4.78, 5) is 37.2. The zero-order valence-corrected chi connectivity index (χ0v) is 17.3. The fourth-order valence-electron chi connectivity index (χ4n) is 3.68. The van der Waals surface area contributed by atoms with E-state index in [-0.39, 0.29) is 23.1 Å². The number of nitrogens with zero attached hydrogens (tertiary/aromatic N) is 4. The SMILES string of the molecule is O=C(NCC1CCCO1)c1ccc(N2CCN(C(=O)c3cccnc3Cl)CC2)nc1. The molecule has 30 heavy (non-hydrogen) atoms. The van der Waals surface area contributed by atoms with Gasteiger partial charge in [0.2, 0.25) is 0 Å². The third kappa shape index (κ3) is 4.71. The van der Waals surface area contributed by atoms with Crippen LogP contribution in [0.2, 0.25) is 5.15 Å². The second-order valence-electron chi connectivity index (χ2n) is 7.37. The number of carbonyl (C=O) groups is 2. The first-order chi connectivity index (χ1) is 14.6. The highest BCUT2D eigenvalue weighted by Gasteiger charge is 2.24. The second-order valence-corrected chi connectivity index (χ2v) is 7.73. The molecule has 1 N–H and O–H groups in total. The third-order valence-corrected chi connectivity index (χ3v) is 5.71. The molecular formula is C21H24ClN5O3. The monoisotopic (exact) mass is 429 g/mol. The lowest BCUT2D eigenvalue weighted by Crippen LogP contribution is -2.49. The molecule has 0 aromatic carbocycles. The summed E-state index contributed by atoms with van der Waals surface area (Å²) in [6.07, 6.45) is 5.30. The van der Waals surface area contributed by atoms with Gasteiger partial charge >= 0.3 is 0 Å². The predicted octanol–water partition coefficient (Wildman–Crippen LogP) is 2.00. The van der Waals surface area contributed by atoms with Gasteiger partial charge in [0.05, 0.1) is 17.2 Å². The number of pyridine rings is 2. The highest BCUT2D eigenvalue weighted by molar-refractivity contribution is 6.32. The lowest BCUT2D eigenvalue weighted by Gasteiger charge is -2.35. The van der Waals surface area contributed by atoms with Crippen molar-refractivity contribution in [3.05, 3.63) is 52.9 Å². The molecule has 0 spiro atoms. The quantitative estimate of drug-likeness (QED) is 0.731. The minimum Gasteiger partial charge on any atom is -0.376 e. The van der Waals surface area contributed by atoms with Crippen LogP contribution in [0.25, 0.3) is 0 Å². The Morgan fingerprint density at radius 3 is 2.67 bits per heavy atom. The molecule has 1 unspecified atom stereocenters. The second kappa shape index (κ2) is 9.40. The van der Waals surface area contributed by atoms with Crippen LogP contribution in [-0.2, 0) is 4.74 Å². The van der Waals surface area contributed by atoms with Crippen molar-refractivity contribution in [2.24, 2.45) is 0 Å². The van der Waals surface area contributed by atoms with Crippen molar-refractivity contribution in [3.8, 4) is 0 Å². The van der Waals surface area contributed by atoms with Crippen molar-refractivity contribution in [2.45, 2.75) is 18.9 Å². The largest absolute Gasteiger partial charge is 0.376 e. The van der Waals surface area contributed by atoms with E-state index < -0.39 is 0 Å². The zero-order chi connectivity index (χ0) is 20.9. The Kier molecular flexibility index (Phi) is 6.44. The highest BCUT2D eigenvalue weighted by Crippen LogP contribution is 2.18. The van der Waals surface area contributed by atoms with Gasteiger partial charge in [-0.1, -0.05) is 11.6 Å². The van der Waals surface area contributed by atoms with E-state index >= 15 is 0 Å². The number of piperazine rings is 1. The minimum absolute atomic E-state index is 0.112. The van der Waals surface area contributed by atoms with E-state index in [0.29, 0.717) is 43.9 Å². The van der Waals surface area contributed by atoms with Gasteiger partial charge in [0.15, 0.2) is 0 Å². The van der Waals surface area contributed by atoms with Gasteiger partial charge in [-0.15, -0.1) is 0 Å². The van der Waals surface area contributed by atoms with E-state index in [0.717, 1.165) is 25.3 Å². The van der Waals surface area contributed by atoms with E-state index in [9.17, 15) is 9.59 Å². The Balaban J connectivity index is 1.30. The first-order valence-corrected chi connectivity index (χ1v) is 10.5. The number of halogens is 1. The summed E-state index contributed by atoms with van der Waals surface area (Å²) in [7, 11) is 0. The number of hydrogen-bond donors (Lipinski definition) is 1. The van der Waals surface area contributed by atoms with Crippen LogP contribution in [0.3, 0.4) is 0 Å². The number of carbonyl (C=O) groups excluding carboxylic acids is 2. The molecule has 8 nitrogen and oxygen atoms in total. The lowest BCUT2D eigenvalue weighted by atomic mass is 10.2. The Bertz CT molecular complexity index is 894. The predicted molar refractivity (Wildman–Crippen MR) is 113 cm³/mol. The van der Waals surface area contributed by atoms with Crippen molar-refractivity contribution >= 4 is 29.2 Å². The molecule has 158 valence electrons. The van der Waals surface area contributed by atoms with Crippen molar-refractivity contribution in [2.75, 3.05) is 44.2 Å². The van der Waals surface area contributed by atoms with Crippen molar-refractivity contribution < 1.29 is 14.3 Å². The van der Waals surface area contributed by atoms with Gasteiger partial charge in [-0.3, -0.25) is 9.59 Å². The molecular weight excluding hydrogens is 406 g/mol. The summed E-state index contributed by atoms with van der Waals surface area (Å²) < 4.78 is 5.52. The van der Waals surface area contributed by atoms with Crippen LogP contribution in [0.15, 0.2) is 36.7 Å². The van der Waals surface area contributed by atoms with Crippen LogP contribution in [0.1, 0.15) is 33.6 Å². The van der Waals surface area contributed by atoms with Crippen LogP contribution < -0.4 is 10.2 Å². The Labute approximate surface area is 180 Å². The number of ether oxygens (including phenoxy) is 1. The van der Waals surface area contributed by atoms with Gasteiger partial charge < -0.3 is 19.9 Å². The summed E-state index contributed by atoms with van der Waals surface area (Å²) in [5.41, 5.74) is 0.945. The molecule has 2 aliphatic rings. The third-order valence-electron chi connectivity index (χ3n) is 5.40. The Morgan fingerprint density at radius 2 is 2.00 bits per heavy atom. The van der Waals surface area contributed by atoms with Gasteiger partial charge in [0.1, 0.15) is 11.0 Å². The van der Waals surface area contributed by atoms with E-state index in [1.165, 1.54) is 0 Å². The fraction of sp³-hybridized carbons (Fsp3) is 0.429. The standard InChI is InChI=1S/C21H24ClN5O3/c22-19-17(4-1-7-23-19)21(29)27-10-8-26(9-11-27)18-6-5-15(13-24-18)20(28)25-14-16-3-2-12-30-16/h1,4-7,13,16H,2-3,8-12,14H2,(H,25,28). The molecule has 0 saturated carbocycles. The molecule has 2 amide bonds. The van der Waals surface area contributed by atoms with Gasteiger partial charge in [-0.2, -0.15) is 0 Å². The van der Waals surface area contributed by atoms with Gasteiger partial charge in [-0.25, -0.2) is 9.97 Å². The molecule has 2 aliphatic heterocycles. The fourth-order valence-corrected chi connectivity index (χ4v) is 3.88. The maximum Gasteiger partial charge on any atom is 0.257 e. The average Bonchev–Trinajstić information content (AvgIpc) is 3.31. The van der Waals surface area contributed by atoms with E-state index in [4.69, 9.17) is 16.3 Å². The van der Waals surface area contributed by atoms with Gasteiger partial charge in [-0.05, 0) is 37.1 Å². The molecule has 0 radical (unpaired) electrons. The number of amides is 2. The molecule has 2 fully saturated rings. The molecule has 4 rings (SSSR count). The minimum atomic E-state index is -0.145. The first kappa shape index (κ1) is 20.6. The summed E-state index contributed by atoms with van der Waals surface area (Å²) in [6, 6.07) is 7.02. The number of anilines is 1. The topological polar surface area (TPSA) is 87.7 Å². The van der Waals surface area contributed by atoms with E-state index in [2.05, 4.69) is 20.2 Å². The summed E-state index contributed by atoms with van der Waals surface area (Å²) in [5, 5.41) is 3.12. The van der Waals surface area contributed by atoms with Crippen molar-refractivity contribution in [1.29, 1.82) is 0 Å². The van der Waals surface area contributed by atoms with Crippen LogP contribution in [-0.4, -0.2) is 72.1 Å². The maximum absolute atomic E-state index is 12.7. The van der Waals surface area contributed by atoms with Gasteiger partial charge in [0, 0.05) is 51.7 Å². The number of nitrogens with one attached hydrogen (secondary N) is 1. The molecule has 2 aromatic rings. The number of rotatable bonds is 5. The van der Waals surface area contributed by atoms with Crippen LogP contribution in [0.4, 0.5) is 5.82 Å². The molecule has 2 aromatic heterocycles. The van der Waals surface area contributed by atoms with E-state index in [1.54, 1.807) is 35.5 Å². The van der Waals surface area contributed by atoms with Crippen molar-refractivity contribution in [1.82, 2.24) is 20.2 Å². The number of hydrogen-bond acceptors (Lipinski definition) is 6. The molecule has 9 heteroatoms. The van der Waals surface area contributed by atoms with Crippen LogP contribution in [0.5, 0.6) is 0 Å². The molecule has 2 saturated heterocycles. The summed E-state index contributed by atoms with van der Waals surface area (Å²) in [6.45, 7) is 3.73. The summed E-state index contributed by atoms with van der Waals surface area (Å²) >= 11 is 6.04. The van der Waals surface area contributed by atoms with E-state index in [1.807, 2.05) is 6.07 Å². The molecule has 4 heterocycles. The Morgan fingerprint density at radius 1 is 1.17 bits per heavy atom. The lowest BCUT2D eigenvalue weighted by molar-refractivity contribution is 0.0746. The number of aromatic nitrogens is 2. The Hall–Kier alpha value is -2.71. The van der Waals surface area contributed by atoms with Crippen LogP contribution in [0, 0.1) is 0 Å². The molecule has 1 atom stereocenters. The van der Waals surface area contributed by atoms with Crippen molar-refractivity contribution in [3.63, 3.8) is 0 Å². The smallest absolute Gasteiger partial charge is 0.257 e. The molecule has 0 bridgehead atoms. The van der Waals surface area contributed by atoms with Gasteiger partial charge in [0.25, 0.3) is 11.8 Å². The average molecular weight is 430 g/mol. The maximum atomic E-state index is 12.7. The zero-order valence-electron chi connectivity index (χ0n) is 16.6. The first-order valence-electron chi connectivity index (χ1n) is 10.1. The normalized spacial score (nSPS) is 19.0. The molecule has 0 aliphatic carbocycles. The summed E-state index contributed by atoms with van der Waals surface area (Å²) in [5.74, 6) is 0.532. The highest BCUT2D eigenvalue weighted by atomic mass is 35.5. The van der Waals surface area contributed by atoms with Crippen LogP contribution >= 0.6 is 11.6 Å².